The SMILES string of the molecule is Cc1cc2nc(C)c(N)n2cc1Br. The number of hydrogen-bond donors (Lipinski definition) is 1. The van der Waals surface area contributed by atoms with Gasteiger partial charge in [-0.3, -0.25) is 4.40 Å². The Balaban J connectivity index is 2.89. The Hall–Kier alpha value is -1.03. The molecule has 0 aliphatic heterocycles. The number of aromatic nitrogens is 2. The second-order valence-corrected chi connectivity index (χ2v) is 3.97. The Kier molecular flexibility index (Phi) is 1.80. The second kappa shape index (κ2) is 2.73. The molecule has 4 heteroatoms. The predicted molar refractivity (Wildman–Crippen MR) is 56.8 cm³/mol. The van der Waals surface area contributed by atoms with Gasteiger partial charge in [0.05, 0.1) is 5.69 Å². The van der Waals surface area contributed by atoms with Crippen LogP contribution in [0.25, 0.3) is 5.65 Å². The van der Waals surface area contributed by atoms with E-state index in [1.807, 2.05) is 30.5 Å². The minimum Gasteiger partial charge on any atom is -0.383 e. The van der Waals surface area contributed by atoms with Gasteiger partial charge in [-0.2, -0.15) is 0 Å². The van der Waals surface area contributed by atoms with Gasteiger partial charge in [0.25, 0.3) is 0 Å². The van der Waals surface area contributed by atoms with Crippen molar-refractivity contribution in [2.45, 2.75) is 13.8 Å². The van der Waals surface area contributed by atoms with Crippen LogP contribution in [-0.4, -0.2) is 9.38 Å². The summed E-state index contributed by atoms with van der Waals surface area (Å²) >= 11 is 3.46. The average Bonchev–Trinajstić information content (AvgIpc) is 2.32. The van der Waals surface area contributed by atoms with Crippen molar-refractivity contribution in [1.29, 1.82) is 0 Å². The molecule has 3 nitrogen and oxygen atoms in total. The van der Waals surface area contributed by atoms with Crippen molar-refractivity contribution < 1.29 is 0 Å². The van der Waals surface area contributed by atoms with E-state index >= 15 is 0 Å². The van der Waals surface area contributed by atoms with Crippen molar-refractivity contribution in [3.05, 3.63) is 28.0 Å². The van der Waals surface area contributed by atoms with Crippen molar-refractivity contribution in [3.8, 4) is 0 Å². The molecule has 2 N–H and O–H groups in total. The van der Waals surface area contributed by atoms with Gasteiger partial charge in [-0.25, -0.2) is 4.98 Å². The van der Waals surface area contributed by atoms with Crippen LogP contribution in [0.5, 0.6) is 0 Å². The number of halogens is 1. The van der Waals surface area contributed by atoms with Gasteiger partial charge in [0.15, 0.2) is 0 Å². The van der Waals surface area contributed by atoms with E-state index in [9.17, 15) is 0 Å². The van der Waals surface area contributed by atoms with Gasteiger partial charge in [0.1, 0.15) is 11.5 Å². The molecule has 0 bridgehead atoms. The predicted octanol–water partition coefficient (Wildman–Crippen LogP) is 2.30. The molecule has 68 valence electrons. The van der Waals surface area contributed by atoms with E-state index in [-0.39, 0.29) is 0 Å². The summed E-state index contributed by atoms with van der Waals surface area (Å²) in [6.07, 6.45) is 1.94. The monoisotopic (exact) mass is 239 g/mol. The van der Waals surface area contributed by atoms with Gasteiger partial charge in [0.2, 0.25) is 0 Å². The number of nitrogens with zero attached hydrogens (tertiary/aromatic N) is 2. The van der Waals surface area contributed by atoms with Crippen LogP contribution in [0.15, 0.2) is 16.7 Å². The molecule has 0 unspecified atom stereocenters. The van der Waals surface area contributed by atoms with Gasteiger partial charge in [0, 0.05) is 10.7 Å². The molecule has 2 heterocycles. The third-order valence-electron chi connectivity index (χ3n) is 2.12. The van der Waals surface area contributed by atoms with E-state index in [1.165, 1.54) is 0 Å². The lowest BCUT2D eigenvalue weighted by Gasteiger charge is -2.00. The van der Waals surface area contributed by atoms with E-state index in [0.29, 0.717) is 5.82 Å². The first kappa shape index (κ1) is 8.56. The number of aryl methyl sites for hydroxylation is 2. The minimum atomic E-state index is 0.704. The van der Waals surface area contributed by atoms with Gasteiger partial charge in [-0.1, -0.05) is 0 Å². The molecule has 0 fully saturated rings. The standard InChI is InChI=1S/C9H10BrN3/c1-5-3-8-12-6(2)9(11)13(8)4-7(5)10/h3-4H,11H2,1-2H3. The van der Waals surface area contributed by atoms with Crippen molar-refractivity contribution in [2.24, 2.45) is 0 Å². The molecule has 2 aromatic rings. The van der Waals surface area contributed by atoms with Crippen molar-refractivity contribution >= 4 is 27.4 Å². The smallest absolute Gasteiger partial charge is 0.138 e. The van der Waals surface area contributed by atoms with Crippen molar-refractivity contribution in [1.82, 2.24) is 9.38 Å². The number of fused-ring (bicyclic) bond motifs is 1. The number of hydrogen-bond acceptors (Lipinski definition) is 2. The molecular formula is C9H10BrN3. The fourth-order valence-electron chi connectivity index (χ4n) is 1.30. The highest BCUT2D eigenvalue weighted by molar-refractivity contribution is 9.10. The Labute approximate surface area is 84.7 Å². The van der Waals surface area contributed by atoms with Crippen LogP contribution < -0.4 is 5.73 Å². The van der Waals surface area contributed by atoms with Crippen molar-refractivity contribution in [2.75, 3.05) is 5.73 Å². The summed E-state index contributed by atoms with van der Waals surface area (Å²) in [5.41, 5.74) is 8.77. The Bertz CT molecular complexity index is 473. The summed E-state index contributed by atoms with van der Waals surface area (Å²) < 4.78 is 2.93. The van der Waals surface area contributed by atoms with Crippen LogP contribution in [0, 0.1) is 13.8 Å². The summed E-state index contributed by atoms with van der Waals surface area (Å²) in [5, 5.41) is 0. The van der Waals surface area contributed by atoms with Crippen LogP contribution in [0.1, 0.15) is 11.3 Å². The molecule has 0 aliphatic rings. The zero-order chi connectivity index (χ0) is 9.59. The topological polar surface area (TPSA) is 43.3 Å². The number of anilines is 1. The summed E-state index contributed by atoms with van der Waals surface area (Å²) in [6.45, 7) is 3.94. The van der Waals surface area contributed by atoms with E-state index in [0.717, 1.165) is 21.4 Å². The first-order valence-corrected chi connectivity index (χ1v) is 4.79. The van der Waals surface area contributed by atoms with E-state index < -0.39 is 0 Å². The maximum atomic E-state index is 5.84. The maximum Gasteiger partial charge on any atom is 0.138 e. The van der Waals surface area contributed by atoms with Gasteiger partial charge < -0.3 is 5.73 Å². The van der Waals surface area contributed by atoms with Crippen LogP contribution in [0.3, 0.4) is 0 Å². The quantitative estimate of drug-likeness (QED) is 0.767. The van der Waals surface area contributed by atoms with E-state index in [1.54, 1.807) is 0 Å². The molecule has 0 saturated carbocycles. The minimum absolute atomic E-state index is 0.704. The zero-order valence-electron chi connectivity index (χ0n) is 7.50. The van der Waals surface area contributed by atoms with Crippen LogP contribution >= 0.6 is 15.9 Å². The van der Waals surface area contributed by atoms with Gasteiger partial charge in [-0.05, 0) is 41.4 Å². The first-order chi connectivity index (χ1) is 6.09. The number of rotatable bonds is 0. The van der Waals surface area contributed by atoms with E-state index in [2.05, 4.69) is 20.9 Å². The van der Waals surface area contributed by atoms with Crippen LogP contribution in [-0.2, 0) is 0 Å². The molecular weight excluding hydrogens is 230 g/mol. The van der Waals surface area contributed by atoms with E-state index in [4.69, 9.17) is 5.73 Å². The normalized spacial score (nSPS) is 11.0. The number of nitrogens with two attached hydrogens (primary N) is 1. The molecule has 0 atom stereocenters. The highest BCUT2D eigenvalue weighted by atomic mass is 79.9. The lowest BCUT2D eigenvalue weighted by Crippen LogP contribution is -1.94. The molecule has 13 heavy (non-hydrogen) atoms. The number of imidazole rings is 1. The fourth-order valence-corrected chi connectivity index (χ4v) is 1.62. The number of pyridine rings is 1. The third-order valence-corrected chi connectivity index (χ3v) is 2.95. The molecule has 0 aliphatic carbocycles. The zero-order valence-corrected chi connectivity index (χ0v) is 9.09. The Morgan fingerprint density at radius 3 is 2.85 bits per heavy atom. The Morgan fingerprint density at radius 1 is 1.46 bits per heavy atom. The summed E-state index contributed by atoms with van der Waals surface area (Å²) in [4.78, 5) is 4.33. The molecule has 0 radical (unpaired) electrons. The third kappa shape index (κ3) is 1.21. The average molecular weight is 240 g/mol. The number of nitrogen functional groups attached to an aromatic ring is 1. The first-order valence-electron chi connectivity index (χ1n) is 4.00. The van der Waals surface area contributed by atoms with Crippen molar-refractivity contribution in [3.63, 3.8) is 0 Å². The lowest BCUT2D eigenvalue weighted by atomic mass is 10.3. The summed E-state index contributed by atoms with van der Waals surface area (Å²) in [7, 11) is 0. The molecule has 0 aromatic carbocycles. The molecule has 2 rings (SSSR count). The largest absolute Gasteiger partial charge is 0.383 e. The highest BCUT2D eigenvalue weighted by Crippen LogP contribution is 2.21. The summed E-state index contributed by atoms with van der Waals surface area (Å²) in [5.74, 6) is 0.704. The van der Waals surface area contributed by atoms with Gasteiger partial charge in [-0.15, -0.1) is 0 Å². The molecule has 0 spiro atoms. The maximum absolute atomic E-state index is 5.84. The van der Waals surface area contributed by atoms with Gasteiger partial charge >= 0.3 is 0 Å². The molecule has 0 saturated heterocycles. The fraction of sp³-hybridized carbons (Fsp3) is 0.222. The van der Waals surface area contributed by atoms with Crippen LogP contribution in [0.4, 0.5) is 5.82 Å². The molecule has 0 amide bonds. The lowest BCUT2D eigenvalue weighted by molar-refractivity contribution is 1.16. The second-order valence-electron chi connectivity index (χ2n) is 3.12. The molecule has 2 aromatic heterocycles. The van der Waals surface area contributed by atoms with Crippen LogP contribution in [0.2, 0.25) is 0 Å². The summed E-state index contributed by atoms with van der Waals surface area (Å²) in [6, 6.07) is 2.01. The Morgan fingerprint density at radius 2 is 2.15 bits per heavy atom. The highest BCUT2D eigenvalue weighted by Gasteiger charge is 2.06.